The summed E-state index contributed by atoms with van der Waals surface area (Å²) in [5.74, 6) is -0.572. The third-order valence-corrected chi connectivity index (χ3v) is 2.74. The number of aromatic amines is 1. The van der Waals surface area contributed by atoms with E-state index in [2.05, 4.69) is 15.4 Å². The van der Waals surface area contributed by atoms with Crippen molar-refractivity contribution in [3.8, 4) is 22.8 Å². The van der Waals surface area contributed by atoms with Crippen LogP contribution in [0.15, 0.2) is 12.1 Å². The molecule has 0 aliphatic carbocycles. The molecule has 1 amide bonds. The average Bonchev–Trinajstić information content (AvgIpc) is 2.94. The van der Waals surface area contributed by atoms with Gasteiger partial charge >= 0.3 is 0 Å². The van der Waals surface area contributed by atoms with Crippen molar-refractivity contribution in [1.29, 1.82) is 0 Å². The van der Waals surface area contributed by atoms with Gasteiger partial charge in [-0.05, 0) is 6.07 Å². The highest BCUT2D eigenvalue weighted by atomic mass is 16.6. The Morgan fingerprint density at radius 2 is 2.05 bits per heavy atom. The van der Waals surface area contributed by atoms with E-state index in [1.165, 1.54) is 26.4 Å². The first kappa shape index (κ1) is 14.2. The molecular weight excluding hydrogens is 282 g/mol. The second-order valence-corrected chi connectivity index (χ2v) is 3.84. The highest BCUT2D eigenvalue weighted by Crippen LogP contribution is 2.44. The van der Waals surface area contributed by atoms with Gasteiger partial charge in [0.05, 0.1) is 19.1 Å². The number of methoxy groups -OCH3 is 2. The molecule has 110 valence electrons. The van der Waals surface area contributed by atoms with Crippen molar-refractivity contribution in [1.82, 2.24) is 15.4 Å². The van der Waals surface area contributed by atoms with Crippen LogP contribution in [-0.2, 0) is 0 Å². The largest absolute Gasteiger partial charge is 0.493 e. The Hall–Kier alpha value is -3.17. The maximum atomic E-state index is 11.3. The maximum Gasteiger partial charge on any atom is 0.282 e. The fourth-order valence-corrected chi connectivity index (χ4v) is 1.87. The molecule has 0 unspecified atom stereocenters. The zero-order valence-corrected chi connectivity index (χ0v) is 11.1. The summed E-state index contributed by atoms with van der Waals surface area (Å²) in [6.07, 6.45) is 0. The molecule has 10 nitrogen and oxygen atoms in total. The van der Waals surface area contributed by atoms with Crippen molar-refractivity contribution < 1.29 is 19.2 Å². The lowest BCUT2D eigenvalue weighted by Gasteiger charge is -2.11. The normalized spacial score (nSPS) is 10.2. The lowest BCUT2D eigenvalue weighted by Crippen LogP contribution is -2.13. The Morgan fingerprint density at radius 3 is 2.57 bits per heavy atom. The number of aromatic nitrogens is 3. The highest BCUT2D eigenvalue weighted by Gasteiger charge is 2.29. The molecule has 0 bridgehead atoms. The standard InChI is InChI=1S/C11H11N5O5/c1-20-6-4-3-5(16(18)19)7(10(6)21-2)8-9(11(12)17)14-15-13-8/h3-4H,1-2H3,(H2,12,17)(H,13,14,15). The lowest BCUT2D eigenvalue weighted by molar-refractivity contribution is -0.384. The van der Waals surface area contributed by atoms with Crippen LogP contribution in [0.5, 0.6) is 11.5 Å². The Morgan fingerprint density at radius 1 is 1.33 bits per heavy atom. The number of H-pyrrole nitrogens is 1. The van der Waals surface area contributed by atoms with Gasteiger partial charge in [-0.15, -0.1) is 0 Å². The van der Waals surface area contributed by atoms with Crippen molar-refractivity contribution in [3.05, 3.63) is 27.9 Å². The van der Waals surface area contributed by atoms with Crippen LogP contribution in [0.4, 0.5) is 5.69 Å². The number of hydrogen-bond donors (Lipinski definition) is 2. The van der Waals surface area contributed by atoms with Crippen molar-refractivity contribution in [2.45, 2.75) is 0 Å². The van der Waals surface area contributed by atoms with E-state index in [0.717, 1.165) is 0 Å². The van der Waals surface area contributed by atoms with Gasteiger partial charge in [0.2, 0.25) is 0 Å². The van der Waals surface area contributed by atoms with Gasteiger partial charge in [0.15, 0.2) is 17.2 Å². The Labute approximate surface area is 118 Å². The maximum absolute atomic E-state index is 11.3. The van der Waals surface area contributed by atoms with Gasteiger partial charge in [-0.3, -0.25) is 14.9 Å². The van der Waals surface area contributed by atoms with Gasteiger partial charge in [0.25, 0.3) is 11.6 Å². The van der Waals surface area contributed by atoms with Crippen LogP contribution >= 0.6 is 0 Å². The molecule has 1 aromatic carbocycles. The number of nitro benzene ring substituents is 1. The van der Waals surface area contributed by atoms with E-state index in [-0.39, 0.29) is 34.1 Å². The molecule has 1 aromatic heterocycles. The molecule has 21 heavy (non-hydrogen) atoms. The number of nitrogens with two attached hydrogens (primary N) is 1. The molecule has 0 radical (unpaired) electrons. The van der Waals surface area contributed by atoms with Gasteiger partial charge < -0.3 is 15.2 Å². The van der Waals surface area contributed by atoms with Crippen molar-refractivity contribution in [2.24, 2.45) is 5.73 Å². The van der Waals surface area contributed by atoms with E-state index in [9.17, 15) is 14.9 Å². The van der Waals surface area contributed by atoms with Gasteiger partial charge in [-0.25, -0.2) is 0 Å². The van der Waals surface area contributed by atoms with Gasteiger partial charge in [0, 0.05) is 6.07 Å². The summed E-state index contributed by atoms with van der Waals surface area (Å²) in [4.78, 5) is 21.9. The first-order chi connectivity index (χ1) is 10.0. The first-order valence-corrected chi connectivity index (χ1v) is 5.61. The quantitative estimate of drug-likeness (QED) is 0.602. The third-order valence-electron chi connectivity index (χ3n) is 2.74. The number of primary amides is 1. The molecule has 0 saturated heterocycles. The third kappa shape index (κ3) is 2.33. The number of nitrogens with one attached hydrogen (secondary N) is 1. The Kier molecular flexibility index (Phi) is 3.69. The molecule has 0 aliphatic heterocycles. The van der Waals surface area contributed by atoms with Crippen molar-refractivity contribution >= 4 is 11.6 Å². The fourth-order valence-electron chi connectivity index (χ4n) is 1.87. The van der Waals surface area contributed by atoms with E-state index in [0.29, 0.717) is 0 Å². The number of hydrogen-bond acceptors (Lipinski definition) is 7. The molecule has 2 rings (SSSR count). The molecule has 0 atom stereocenters. The zero-order valence-electron chi connectivity index (χ0n) is 11.1. The smallest absolute Gasteiger partial charge is 0.282 e. The first-order valence-electron chi connectivity index (χ1n) is 5.61. The SMILES string of the molecule is COc1ccc([N+](=O)[O-])c(-c2n[nH]nc2C(N)=O)c1OC. The molecule has 0 aliphatic rings. The van der Waals surface area contributed by atoms with Crippen LogP contribution < -0.4 is 15.2 Å². The zero-order chi connectivity index (χ0) is 15.6. The minimum atomic E-state index is -0.877. The predicted octanol–water partition coefficient (Wildman–Crippen LogP) is 0.496. The summed E-state index contributed by atoms with van der Waals surface area (Å²) >= 11 is 0. The average molecular weight is 293 g/mol. The summed E-state index contributed by atoms with van der Waals surface area (Å²) in [5, 5.41) is 20.8. The van der Waals surface area contributed by atoms with Crippen LogP contribution in [0.3, 0.4) is 0 Å². The molecule has 0 saturated carbocycles. The fraction of sp³-hybridized carbons (Fsp3) is 0.182. The molecule has 1 heterocycles. The minimum absolute atomic E-state index is 0.0376. The van der Waals surface area contributed by atoms with Gasteiger partial charge in [-0.1, -0.05) is 0 Å². The van der Waals surface area contributed by atoms with E-state index < -0.39 is 10.8 Å². The van der Waals surface area contributed by atoms with E-state index in [1.807, 2.05) is 0 Å². The number of nitrogens with zero attached hydrogens (tertiary/aromatic N) is 3. The molecule has 3 N–H and O–H groups in total. The second kappa shape index (κ2) is 5.45. The number of benzene rings is 1. The Bertz CT molecular complexity index is 711. The minimum Gasteiger partial charge on any atom is -0.493 e. The lowest BCUT2D eigenvalue weighted by atomic mass is 10.1. The summed E-state index contributed by atoms with van der Waals surface area (Å²) in [5.41, 5.74) is 4.52. The highest BCUT2D eigenvalue weighted by molar-refractivity contribution is 5.99. The van der Waals surface area contributed by atoms with Gasteiger partial charge in [0.1, 0.15) is 11.3 Å². The molecule has 10 heteroatoms. The monoisotopic (exact) mass is 293 g/mol. The predicted molar refractivity (Wildman–Crippen MR) is 70.1 cm³/mol. The van der Waals surface area contributed by atoms with Crippen LogP contribution in [0.25, 0.3) is 11.3 Å². The van der Waals surface area contributed by atoms with Crippen LogP contribution in [0.2, 0.25) is 0 Å². The number of ether oxygens (including phenoxy) is 2. The van der Waals surface area contributed by atoms with Crippen LogP contribution in [0.1, 0.15) is 10.5 Å². The van der Waals surface area contributed by atoms with E-state index >= 15 is 0 Å². The van der Waals surface area contributed by atoms with Crippen LogP contribution in [0, 0.1) is 10.1 Å². The number of rotatable bonds is 5. The van der Waals surface area contributed by atoms with Crippen molar-refractivity contribution in [2.75, 3.05) is 14.2 Å². The summed E-state index contributed by atoms with van der Waals surface area (Å²) in [7, 11) is 2.69. The summed E-state index contributed by atoms with van der Waals surface area (Å²) in [6, 6.07) is 2.60. The van der Waals surface area contributed by atoms with Crippen molar-refractivity contribution in [3.63, 3.8) is 0 Å². The topological polar surface area (TPSA) is 146 Å². The summed E-state index contributed by atoms with van der Waals surface area (Å²) in [6.45, 7) is 0. The number of carbonyl (C=O) groups is 1. The van der Waals surface area contributed by atoms with E-state index in [4.69, 9.17) is 15.2 Å². The van der Waals surface area contributed by atoms with E-state index in [1.54, 1.807) is 0 Å². The van der Waals surface area contributed by atoms with Gasteiger partial charge in [-0.2, -0.15) is 15.4 Å². The van der Waals surface area contributed by atoms with Crippen LogP contribution in [-0.4, -0.2) is 40.5 Å². The Balaban J connectivity index is 2.84. The molecule has 0 fully saturated rings. The number of amides is 1. The number of carbonyl (C=O) groups excluding carboxylic acids is 1. The molecule has 0 spiro atoms. The summed E-state index contributed by atoms with van der Waals surface area (Å²) < 4.78 is 10.2. The molecule has 2 aromatic rings. The molecular formula is C11H11N5O5. The second-order valence-electron chi connectivity index (χ2n) is 3.84. The number of nitro groups is 1.